The number of hydrogen-bond acceptors (Lipinski definition) is 2. The number of amides is 1. The van der Waals surface area contributed by atoms with E-state index in [4.69, 9.17) is 5.11 Å². The maximum absolute atomic E-state index is 11.7. The Balaban J connectivity index is 2.26. The predicted molar refractivity (Wildman–Crippen MR) is 57.1 cm³/mol. The van der Waals surface area contributed by atoms with Crippen LogP contribution in [0, 0.1) is 0 Å². The lowest BCUT2D eigenvalue weighted by atomic mass is 9.96. The first-order valence-electron chi connectivity index (χ1n) is 4.87. The van der Waals surface area contributed by atoms with E-state index >= 15 is 0 Å². The van der Waals surface area contributed by atoms with Crippen molar-refractivity contribution in [3.63, 3.8) is 0 Å². The SMILES string of the molecule is O=C1N=C(CO)c2ccc3c(c21)CC=C3. The molecule has 3 heteroatoms. The Hall–Kier alpha value is -1.74. The molecule has 0 radical (unpaired) electrons. The van der Waals surface area contributed by atoms with E-state index in [9.17, 15) is 4.79 Å². The summed E-state index contributed by atoms with van der Waals surface area (Å²) in [5.74, 6) is -0.213. The summed E-state index contributed by atoms with van der Waals surface area (Å²) in [6, 6.07) is 3.84. The number of carbonyl (C=O) groups excluding carboxylic acids is 1. The zero-order valence-electron chi connectivity index (χ0n) is 8.03. The Labute approximate surface area is 86.8 Å². The van der Waals surface area contributed by atoms with Gasteiger partial charge in [-0.05, 0) is 17.5 Å². The van der Waals surface area contributed by atoms with Crippen molar-refractivity contribution in [1.82, 2.24) is 0 Å². The van der Waals surface area contributed by atoms with Crippen molar-refractivity contribution < 1.29 is 9.90 Å². The molecule has 15 heavy (non-hydrogen) atoms. The van der Waals surface area contributed by atoms with Gasteiger partial charge >= 0.3 is 0 Å². The van der Waals surface area contributed by atoms with Crippen LogP contribution in [0.3, 0.4) is 0 Å². The molecule has 1 aromatic carbocycles. The van der Waals surface area contributed by atoms with Gasteiger partial charge in [0.05, 0.1) is 17.9 Å². The molecule has 0 atom stereocenters. The Kier molecular flexibility index (Phi) is 1.64. The summed E-state index contributed by atoms with van der Waals surface area (Å²) in [6.45, 7) is -0.176. The molecule has 0 unspecified atom stereocenters. The highest BCUT2D eigenvalue weighted by molar-refractivity contribution is 6.22. The monoisotopic (exact) mass is 199 g/mol. The number of aliphatic hydroxyl groups excluding tert-OH is 1. The van der Waals surface area contributed by atoms with Crippen molar-refractivity contribution in [2.24, 2.45) is 4.99 Å². The molecule has 0 spiro atoms. The molecule has 1 heterocycles. The fourth-order valence-electron chi connectivity index (χ4n) is 2.19. The van der Waals surface area contributed by atoms with Gasteiger partial charge in [-0.25, -0.2) is 4.99 Å². The lowest BCUT2D eigenvalue weighted by molar-refractivity contribution is 0.101. The van der Waals surface area contributed by atoms with Gasteiger partial charge in [-0.3, -0.25) is 4.79 Å². The van der Waals surface area contributed by atoms with Crippen molar-refractivity contribution >= 4 is 17.7 Å². The van der Waals surface area contributed by atoms with Gasteiger partial charge < -0.3 is 5.11 Å². The quantitative estimate of drug-likeness (QED) is 0.738. The van der Waals surface area contributed by atoms with E-state index in [2.05, 4.69) is 4.99 Å². The molecular weight excluding hydrogens is 190 g/mol. The zero-order chi connectivity index (χ0) is 10.4. The van der Waals surface area contributed by atoms with Crippen LogP contribution < -0.4 is 0 Å². The van der Waals surface area contributed by atoms with Crippen molar-refractivity contribution in [1.29, 1.82) is 0 Å². The summed E-state index contributed by atoms with van der Waals surface area (Å²) in [5, 5.41) is 9.08. The molecule has 0 aromatic heterocycles. The van der Waals surface area contributed by atoms with Crippen LogP contribution in [0.4, 0.5) is 0 Å². The molecular formula is C12H9NO2. The van der Waals surface area contributed by atoms with Gasteiger partial charge in [0.15, 0.2) is 0 Å². The topological polar surface area (TPSA) is 49.7 Å². The van der Waals surface area contributed by atoms with Crippen LogP contribution >= 0.6 is 0 Å². The van der Waals surface area contributed by atoms with Gasteiger partial charge in [-0.15, -0.1) is 0 Å². The third-order valence-electron chi connectivity index (χ3n) is 2.88. The Morgan fingerprint density at radius 1 is 1.40 bits per heavy atom. The number of fused-ring (bicyclic) bond motifs is 3. The van der Waals surface area contributed by atoms with E-state index in [0.29, 0.717) is 11.3 Å². The number of allylic oxidation sites excluding steroid dienone is 1. The molecule has 2 aliphatic rings. The second kappa shape index (κ2) is 2.87. The van der Waals surface area contributed by atoms with Gasteiger partial charge in [0, 0.05) is 5.56 Å². The van der Waals surface area contributed by atoms with Crippen LogP contribution in [0.25, 0.3) is 6.08 Å². The van der Waals surface area contributed by atoms with E-state index in [1.54, 1.807) is 0 Å². The highest BCUT2D eigenvalue weighted by atomic mass is 16.3. The zero-order valence-corrected chi connectivity index (χ0v) is 8.03. The molecule has 1 aliphatic heterocycles. The maximum atomic E-state index is 11.7. The van der Waals surface area contributed by atoms with Gasteiger partial charge in [0.1, 0.15) is 0 Å². The van der Waals surface area contributed by atoms with E-state index in [1.807, 2.05) is 24.3 Å². The summed E-state index contributed by atoms with van der Waals surface area (Å²) in [6.07, 6.45) is 4.84. The average molecular weight is 199 g/mol. The molecule has 1 N–H and O–H groups in total. The van der Waals surface area contributed by atoms with E-state index < -0.39 is 0 Å². The van der Waals surface area contributed by atoms with Crippen LogP contribution in [0.1, 0.15) is 27.0 Å². The molecule has 0 fully saturated rings. The molecule has 74 valence electrons. The minimum atomic E-state index is -0.213. The second-order valence-electron chi connectivity index (χ2n) is 3.68. The second-order valence-corrected chi connectivity index (χ2v) is 3.68. The fraction of sp³-hybridized carbons (Fsp3) is 0.167. The van der Waals surface area contributed by atoms with Crippen molar-refractivity contribution in [2.75, 3.05) is 6.61 Å². The lowest BCUT2D eigenvalue weighted by Gasteiger charge is -2.05. The van der Waals surface area contributed by atoms with Crippen molar-refractivity contribution in [2.45, 2.75) is 6.42 Å². The highest BCUT2D eigenvalue weighted by Gasteiger charge is 2.27. The summed E-state index contributed by atoms with van der Waals surface area (Å²) in [7, 11) is 0. The normalized spacial score (nSPS) is 16.6. The van der Waals surface area contributed by atoms with Gasteiger partial charge in [0.2, 0.25) is 0 Å². The number of aliphatic imine (C=N–C) groups is 1. The number of benzene rings is 1. The molecule has 3 nitrogen and oxygen atoms in total. The summed E-state index contributed by atoms with van der Waals surface area (Å²) in [5.41, 5.74) is 4.11. The molecule has 3 rings (SSSR count). The number of hydrogen-bond donors (Lipinski definition) is 1. The average Bonchev–Trinajstić information content (AvgIpc) is 2.81. The smallest absolute Gasteiger partial charge is 0.278 e. The minimum Gasteiger partial charge on any atom is -0.390 e. The highest BCUT2D eigenvalue weighted by Crippen LogP contribution is 2.30. The maximum Gasteiger partial charge on any atom is 0.278 e. The van der Waals surface area contributed by atoms with Crippen LogP contribution in [0.2, 0.25) is 0 Å². The summed E-state index contributed by atoms with van der Waals surface area (Å²) >= 11 is 0. The Bertz CT molecular complexity index is 527. The molecule has 1 amide bonds. The number of carbonyl (C=O) groups is 1. The third kappa shape index (κ3) is 1.04. The van der Waals surface area contributed by atoms with Gasteiger partial charge in [-0.1, -0.05) is 24.3 Å². The van der Waals surface area contributed by atoms with E-state index in [0.717, 1.165) is 23.1 Å². The van der Waals surface area contributed by atoms with Crippen LogP contribution in [-0.2, 0) is 6.42 Å². The van der Waals surface area contributed by atoms with Gasteiger partial charge in [0.25, 0.3) is 5.91 Å². The first-order valence-corrected chi connectivity index (χ1v) is 4.87. The summed E-state index contributed by atoms with van der Waals surface area (Å²) in [4.78, 5) is 15.5. The third-order valence-corrected chi connectivity index (χ3v) is 2.88. The molecule has 0 saturated carbocycles. The first-order chi connectivity index (χ1) is 7.31. The number of rotatable bonds is 1. The van der Waals surface area contributed by atoms with Crippen molar-refractivity contribution in [3.8, 4) is 0 Å². The Morgan fingerprint density at radius 2 is 2.27 bits per heavy atom. The number of nitrogens with zero attached hydrogens (tertiary/aromatic N) is 1. The van der Waals surface area contributed by atoms with E-state index in [1.165, 1.54) is 0 Å². The standard InChI is InChI=1S/C12H9NO2/c14-6-10-9-5-4-7-2-1-3-8(7)11(9)12(15)13-10/h1-2,4-5,14H,3,6H2. The molecule has 1 aromatic rings. The minimum absolute atomic E-state index is 0.176. The molecule has 0 bridgehead atoms. The van der Waals surface area contributed by atoms with Crippen LogP contribution in [-0.4, -0.2) is 23.3 Å². The van der Waals surface area contributed by atoms with E-state index in [-0.39, 0.29) is 12.5 Å². The molecule has 0 saturated heterocycles. The lowest BCUT2D eigenvalue weighted by Crippen LogP contribution is -2.05. The van der Waals surface area contributed by atoms with Crippen LogP contribution in [0.15, 0.2) is 23.2 Å². The summed E-state index contributed by atoms with van der Waals surface area (Å²) < 4.78 is 0. The van der Waals surface area contributed by atoms with Crippen molar-refractivity contribution in [3.05, 3.63) is 40.5 Å². The largest absolute Gasteiger partial charge is 0.390 e. The fourth-order valence-corrected chi connectivity index (χ4v) is 2.19. The number of aliphatic hydroxyl groups is 1. The van der Waals surface area contributed by atoms with Gasteiger partial charge in [-0.2, -0.15) is 0 Å². The molecule has 1 aliphatic carbocycles. The Morgan fingerprint density at radius 3 is 3.07 bits per heavy atom. The first kappa shape index (κ1) is 8.56. The predicted octanol–water partition coefficient (Wildman–Crippen LogP) is 1.19. The van der Waals surface area contributed by atoms with Crippen LogP contribution in [0.5, 0.6) is 0 Å².